The van der Waals surface area contributed by atoms with Crippen LogP contribution in [-0.2, 0) is 4.74 Å². The van der Waals surface area contributed by atoms with Crippen LogP contribution in [-0.4, -0.2) is 52.3 Å². The zero-order valence-electron chi connectivity index (χ0n) is 15.8. The van der Waals surface area contributed by atoms with Gasteiger partial charge in [0.1, 0.15) is 18.0 Å². The molecule has 0 bridgehead atoms. The largest absolute Gasteiger partial charge is 0.394 e. The van der Waals surface area contributed by atoms with E-state index in [0.717, 1.165) is 29.5 Å². The van der Waals surface area contributed by atoms with Crippen molar-refractivity contribution >= 4 is 17.3 Å². The number of nitrogens with one attached hydrogen (secondary N) is 1. The number of aromatic nitrogens is 3. The fourth-order valence-electron chi connectivity index (χ4n) is 3.33. The van der Waals surface area contributed by atoms with Crippen LogP contribution in [0.3, 0.4) is 0 Å². The Bertz CT molecular complexity index is 996. The molecule has 9 heteroatoms. The number of aryl methyl sites for hydroxylation is 1. The highest BCUT2D eigenvalue weighted by atomic mass is 19.1. The molecular weight excluding hydrogens is 380 g/mol. The fraction of sp³-hybridized carbons (Fsp3) is 0.300. The summed E-state index contributed by atoms with van der Waals surface area (Å²) in [4.78, 5) is 6.33. The summed E-state index contributed by atoms with van der Waals surface area (Å²) < 4.78 is 33.7. The molecule has 1 saturated heterocycles. The number of morpholine rings is 1. The summed E-state index contributed by atoms with van der Waals surface area (Å²) in [6, 6.07) is 9.16. The van der Waals surface area contributed by atoms with E-state index in [1.165, 1.54) is 23.1 Å². The minimum Gasteiger partial charge on any atom is -0.394 e. The summed E-state index contributed by atoms with van der Waals surface area (Å²) in [5, 5.41) is 16.7. The molecule has 1 atom stereocenters. The summed E-state index contributed by atoms with van der Waals surface area (Å²) >= 11 is 0. The van der Waals surface area contributed by atoms with Gasteiger partial charge in [-0.05, 0) is 42.8 Å². The second-order valence-corrected chi connectivity index (χ2v) is 6.94. The number of ether oxygens (including phenoxy) is 1. The van der Waals surface area contributed by atoms with E-state index in [9.17, 15) is 13.9 Å². The lowest BCUT2D eigenvalue weighted by Crippen LogP contribution is -2.44. The number of aliphatic hydroxyl groups excluding tert-OH is 1. The van der Waals surface area contributed by atoms with Crippen molar-refractivity contribution in [2.45, 2.75) is 13.0 Å². The van der Waals surface area contributed by atoms with Crippen LogP contribution >= 0.6 is 0 Å². The molecular formula is C20H23F2N5O2. The predicted molar refractivity (Wildman–Crippen MR) is 107 cm³/mol. The van der Waals surface area contributed by atoms with E-state index in [0.29, 0.717) is 19.1 Å². The summed E-state index contributed by atoms with van der Waals surface area (Å²) in [5.41, 5.74) is 3.08. The molecule has 1 aromatic heterocycles. The molecule has 0 amide bonds. The van der Waals surface area contributed by atoms with Crippen LogP contribution in [0.5, 0.6) is 0 Å². The summed E-state index contributed by atoms with van der Waals surface area (Å²) in [6.07, 6.45) is 1.19. The van der Waals surface area contributed by atoms with Crippen molar-refractivity contribution in [1.82, 2.24) is 14.8 Å². The Hall–Kier alpha value is -3.04. The molecule has 2 heterocycles. The molecule has 0 spiro atoms. The molecule has 2 aromatic carbocycles. The van der Waals surface area contributed by atoms with Gasteiger partial charge >= 0.3 is 0 Å². The molecule has 3 aromatic rings. The molecule has 7 nitrogen and oxygen atoms in total. The molecule has 1 fully saturated rings. The van der Waals surface area contributed by atoms with Crippen molar-refractivity contribution < 1.29 is 20.1 Å². The van der Waals surface area contributed by atoms with Crippen molar-refractivity contribution in [1.29, 1.82) is 0 Å². The van der Waals surface area contributed by atoms with E-state index in [4.69, 9.17) is 4.74 Å². The molecule has 1 aliphatic heterocycles. The lowest BCUT2D eigenvalue weighted by atomic mass is 10.1. The Kier molecular flexibility index (Phi) is 5.41. The minimum absolute atomic E-state index is 0. The molecule has 0 radical (unpaired) electrons. The van der Waals surface area contributed by atoms with E-state index in [1.54, 1.807) is 0 Å². The summed E-state index contributed by atoms with van der Waals surface area (Å²) in [5.74, 6) is -1.05. The number of nitrogens with zero attached hydrogens (tertiary/aromatic N) is 4. The van der Waals surface area contributed by atoms with Crippen LogP contribution in [0.25, 0.3) is 5.69 Å². The highest BCUT2D eigenvalue weighted by molar-refractivity contribution is 5.64. The van der Waals surface area contributed by atoms with Gasteiger partial charge in [0.05, 0.1) is 25.0 Å². The molecule has 0 aliphatic carbocycles. The topological polar surface area (TPSA) is 75.4 Å². The third-order valence-corrected chi connectivity index (χ3v) is 4.63. The Labute approximate surface area is 168 Å². The SMILES string of the molecule is Cc1cc(Nc2ncn(-c3cc(F)cc(F)c3)n2)cc(N2CCOC(CO)C2)c1.[HH]. The number of hydrogen-bond acceptors (Lipinski definition) is 6. The molecule has 1 aliphatic rings. The highest BCUT2D eigenvalue weighted by Crippen LogP contribution is 2.26. The van der Waals surface area contributed by atoms with Gasteiger partial charge in [-0.3, -0.25) is 0 Å². The molecule has 1 unspecified atom stereocenters. The molecule has 0 saturated carbocycles. The summed E-state index contributed by atoms with van der Waals surface area (Å²) in [7, 11) is 0. The number of hydrogen-bond donors (Lipinski definition) is 2. The van der Waals surface area contributed by atoms with Crippen LogP contribution in [0.4, 0.5) is 26.1 Å². The first-order chi connectivity index (χ1) is 14.0. The van der Waals surface area contributed by atoms with E-state index in [1.807, 2.05) is 19.1 Å². The van der Waals surface area contributed by atoms with Crippen molar-refractivity contribution in [3.8, 4) is 5.69 Å². The normalized spacial score (nSPS) is 16.8. The van der Waals surface area contributed by atoms with Gasteiger partial charge in [-0.2, -0.15) is 4.98 Å². The maximum atomic E-state index is 13.4. The average Bonchev–Trinajstić information content (AvgIpc) is 3.15. The van der Waals surface area contributed by atoms with Crippen molar-refractivity contribution in [3.05, 3.63) is 59.9 Å². The number of aliphatic hydroxyl groups is 1. The monoisotopic (exact) mass is 403 g/mol. The Balaban J connectivity index is 0.00000256. The third-order valence-electron chi connectivity index (χ3n) is 4.63. The lowest BCUT2D eigenvalue weighted by molar-refractivity contribution is 0.00357. The third kappa shape index (κ3) is 4.52. The Morgan fingerprint density at radius 3 is 2.72 bits per heavy atom. The average molecular weight is 403 g/mol. The lowest BCUT2D eigenvalue weighted by Gasteiger charge is -2.34. The zero-order chi connectivity index (χ0) is 20.4. The fourth-order valence-corrected chi connectivity index (χ4v) is 3.33. The van der Waals surface area contributed by atoms with Crippen molar-refractivity contribution in [2.24, 2.45) is 0 Å². The van der Waals surface area contributed by atoms with Crippen LogP contribution in [0.15, 0.2) is 42.7 Å². The smallest absolute Gasteiger partial charge is 0.246 e. The second kappa shape index (κ2) is 8.14. The Morgan fingerprint density at radius 1 is 1.17 bits per heavy atom. The predicted octanol–water partition coefficient (Wildman–Crippen LogP) is 3.04. The van der Waals surface area contributed by atoms with Gasteiger partial charge in [0, 0.05) is 32.0 Å². The number of benzene rings is 2. The van der Waals surface area contributed by atoms with E-state index >= 15 is 0 Å². The van der Waals surface area contributed by atoms with E-state index in [2.05, 4.69) is 26.4 Å². The zero-order valence-corrected chi connectivity index (χ0v) is 15.8. The van der Waals surface area contributed by atoms with Gasteiger partial charge < -0.3 is 20.1 Å². The summed E-state index contributed by atoms with van der Waals surface area (Å²) in [6.45, 7) is 3.86. The highest BCUT2D eigenvalue weighted by Gasteiger charge is 2.20. The number of rotatable bonds is 5. The van der Waals surface area contributed by atoms with Gasteiger partial charge in [0.25, 0.3) is 0 Å². The number of halogens is 2. The van der Waals surface area contributed by atoms with Gasteiger partial charge in [0.2, 0.25) is 5.95 Å². The standard InChI is InChI=1S/C20H21F2N5O2.H2/c1-13-4-16(9-17(5-13)26-2-3-29-19(10-26)11-28)24-20-23-12-27(25-20)18-7-14(21)6-15(22)8-18;/h4-9,12,19,28H,2-3,10-11H2,1H3,(H,24,25);1H. The quantitative estimate of drug-likeness (QED) is 0.682. The van der Waals surface area contributed by atoms with E-state index in [-0.39, 0.29) is 19.8 Å². The first kappa shape index (κ1) is 19.3. The van der Waals surface area contributed by atoms with Crippen molar-refractivity contribution in [3.63, 3.8) is 0 Å². The van der Waals surface area contributed by atoms with Gasteiger partial charge in [0.15, 0.2) is 0 Å². The van der Waals surface area contributed by atoms with Crippen molar-refractivity contribution in [2.75, 3.05) is 36.5 Å². The second-order valence-electron chi connectivity index (χ2n) is 6.94. The molecule has 29 heavy (non-hydrogen) atoms. The van der Waals surface area contributed by atoms with Crippen LogP contribution in [0.2, 0.25) is 0 Å². The maximum absolute atomic E-state index is 13.4. The number of anilines is 3. The van der Waals surface area contributed by atoms with Gasteiger partial charge in [-0.15, -0.1) is 5.10 Å². The van der Waals surface area contributed by atoms with Gasteiger partial charge in [-0.1, -0.05) is 0 Å². The van der Waals surface area contributed by atoms with Crippen LogP contribution in [0, 0.1) is 18.6 Å². The van der Waals surface area contributed by atoms with Crippen LogP contribution in [0.1, 0.15) is 6.99 Å². The van der Waals surface area contributed by atoms with Crippen LogP contribution < -0.4 is 10.2 Å². The first-order valence-electron chi connectivity index (χ1n) is 9.24. The first-order valence-corrected chi connectivity index (χ1v) is 9.24. The minimum atomic E-state index is -0.681. The maximum Gasteiger partial charge on any atom is 0.246 e. The molecule has 4 rings (SSSR count). The molecule has 2 N–H and O–H groups in total. The van der Waals surface area contributed by atoms with E-state index < -0.39 is 11.6 Å². The van der Waals surface area contributed by atoms with Gasteiger partial charge in [-0.25, -0.2) is 13.5 Å². The molecule has 154 valence electrons. The Morgan fingerprint density at radius 2 is 1.97 bits per heavy atom.